The Morgan fingerprint density at radius 1 is 1.43 bits per heavy atom. The second kappa shape index (κ2) is 7.51. The summed E-state index contributed by atoms with van der Waals surface area (Å²) in [5, 5.41) is 11.7. The van der Waals surface area contributed by atoms with Gasteiger partial charge >= 0.3 is 5.97 Å². The number of hydrogen-bond donors (Lipinski definition) is 2. The number of amides is 1. The van der Waals surface area contributed by atoms with Crippen molar-refractivity contribution in [2.75, 3.05) is 18.4 Å². The van der Waals surface area contributed by atoms with Crippen molar-refractivity contribution < 1.29 is 14.7 Å². The van der Waals surface area contributed by atoms with Gasteiger partial charge in [0, 0.05) is 16.7 Å². The fraction of sp³-hybridized carbons (Fsp3) is 0.500. The Morgan fingerprint density at radius 3 is 2.90 bits per heavy atom. The number of nitrogens with one attached hydrogen (secondary N) is 1. The van der Waals surface area contributed by atoms with Gasteiger partial charge in [-0.1, -0.05) is 6.42 Å². The van der Waals surface area contributed by atoms with E-state index in [0.717, 1.165) is 30.3 Å². The number of aliphatic carboxylic acids is 1. The second-order valence-corrected chi connectivity index (χ2v) is 6.04. The SMILES string of the molecule is O=C(O)CC1CCCCN1CC(=O)Nc1ccc(Br)cn1. The number of halogens is 1. The molecule has 1 aliphatic rings. The number of aromatic nitrogens is 1. The van der Waals surface area contributed by atoms with Crippen LogP contribution in [0.5, 0.6) is 0 Å². The van der Waals surface area contributed by atoms with Crippen LogP contribution in [0.15, 0.2) is 22.8 Å². The van der Waals surface area contributed by atoms with Gasteiger partial charge in [0.15, 0.2) is 0 Å². The summed E-state index contributed by atoms with van der Waals surface area (Å²) in [5.74, 6) is -0.487. The number of likely N-dealkylation sites (tertiary alicyclic amines) is 1. The third-order valence-corrected chi connectivity index (χ3v) is 3.97. The molecular formula is C14H18BrN3O3. The lowest BCUT2D eigenvalue weighted by Gasteiger charge is -2.34. The van der Waals surface area contributed by atoms with Crippen LogP contribution in [0.3, 0.4) is 0 Å². The Balaban J connectivity index is 1.90. The number of carbonyl (C=O) groups excluding carboxylic acids is 1. The van der Waals surface area contributed by atoms with E-state index in [1.807, 2.05) is 4.90 Å². The number of carboxylic acids is 1. The molecule has 0 spiro atoms. The maximum atomic E-state index is 12.0. The highest BCUT2D eigenvalue weighted by atomic mass is 79.9. The summed E-state index contributed by atoms with van der Waals surface area (Å²) in [6.07, 6.45) is 4.55. The molecular weight excluding hydrogens is 338 g/mol. The molecule has 1 amide bonds. The first-order chi connectivity index (χ1) is 10.0. The van der Waals surface area contributed by atoms with E-state index in [9.17, 15) is 9.59 Å². The van der Waals surface area contributed by atoms with Crippen molar-refractivity contribution in [3.8, 4) is 0 Å². The minimum absolute atomic E-state index is 0.0557. The molecule has 1 atom stereocenters. The van der Waals surface area contributed by atoms with Crippen LogP contribution in [0.1, 0.15) is 25.7 Å². The maximum absolute atomic E-state index is 12.0. The van der Waals surface area contributed by atoms with Crippen molar-refractivity contribution >= 4 is 33.6 Å². The van der Waals surface area contributed by atoms with E-state index in [2.05, 4.69) is 26.2 Å². The molecule has 6 nitrogen and oxygen atoms in total. The number of piperidine rings is 1. The summed E-state index contributed by atoms with van der Waals surface area (Å²) >= 11 is 3.28. The van der Waals surface area contributed by atoms with E-state index in [-0.39, 0.29) is 24.9 Å². The number of nitrogens with zero attached hydrogens (tertiary/aromatic N) is 2. The molecule has 0 aromatic carbocycles. The van der Waals surface area contributed by atoms with Gasteiger partial charge in [0.2, 0.25) is 5.91 Å². The Morgan fingerprint density at radius 2 is 2.24 bits per heavy atom. The highest BCUT2D eigenvalue weighted by Crippen LogP contribution is 2.19. The molecule has 1 saturated heterocycles. The first-order valence-corrected chi connectivity index (χ1v) is 7.71. The van der Waals surface area contributed by atoms with Gasteiger partial charge in [-0.2, -0.15) is 0 Å². The van der Waals surface area contributed by atoms with Gasteiger partial charge in [0.05, 0.1) is 13.0 Å². The molecule has 0 bridgehead atoms. The van der Waals surface area contributed by atoms with Crippen LogP contribution in [0, 0.1) is 0 Å². The highest BCUT2D eigenvalue weighted by molar-refractivity contribution is 9.10. The van der Waals surface area contributed by atoms with Crippen LogP contribution in [0.4, 0.5) is 5.82 Å². The Labute approximate surface area is 131 Å². The van der Waals surface area contributed by atoms with Crippen LogP contribution in [0.25, 0.3) is 0 Å². The van der Waals surface area contributed by atoms with Gasteiger partial charge in [-0.3, -0.25) is 14.5 Å². The summed E-state index contributed by atoms with van der Waals surface area (Å²) in [6.45, 7) is 0.967. The Hall–Kier alpha value is -1.47. The van der Waals surface area contributed by atoms with E-state index < -0.39 is 5.97 Å². The number of pyridine rings is 1. The van der Waals surface area contributed by atoms with Crippen molar-refractivity contribution in [2.45, 2.75) is 31.7 Å². The van der Waals surface area contributed by atoms with Crippen molar-refractivity contribution in [2.24, 2.45) is 0 Å². The summed E-state index contributed by atoms with van der Waals surface area (Å²) < 4.78 is 0.845. The normalized spacial score (nSPS) is 19.2. The van der Waals surface area contributed by atoms with Crippen molar-refractivity contribution in [3.63, 3.8) is 0 Å². The first kappa shape index (κ1) is 15.9. The van der Waals surface area contributed by atoms with Crippen LogP contribution in [0.2, 0.25) is 0 Å². The van der Waals surface area contributed by atoms with E-state index in [1.165, 1.54) is 0 Å². The molecule has 0 saturated carbocycles. The molecule has 1 aromatic heterocycles. The van der Waals surface area contributed by atoms with Gasteiger partial charge in [-0.25, -0.2) is 4.98 Å². The van der Waals surface area contributed by atoms with Gasteiger partial charge in [-0.15, -0.1) is 0 Å². The number of anilines is 1. The Kier molecular flexibility index (Phi) is 5.69. The zero-order valence-electron chi connectivity index (χ0n) is 11.6. The molecule has 1 fully saturated rings. The monoisotopic (exact) mass is 355 g/mol. The molecule has 1 unspecified atom stereocenters. The van der Waals surface area contributed by atoms with Crippen LogP contribution in [-0.4, -0.2) is 46.0 Å². The minimum atomic E-state index is -0.818. The lowest BCUT2D eigenvalue weighted by Crippen LogP contribution is -2.44. The van der Waals surface area contributed by atoms with Crippen LogP contribution < -0.4 is 5.32 Å². The summed E-state index contributed by atoms with van der Waals surface area (Å²) in [4.78, 5) is 29.0. The van der Waals surface area contributed by atoms with Crippen molar-refractivity contribution in [1.29, 1.82) is 0 Å². The van der Waals surface area contributed by atoms with Crippen molar-refractivity contribution in [1.82, 2.24) is 9.88 Å². The second-order valence-electron chi connectivity index (χ2n) is 5.13. The van der Waals surface area contributed by atoms with Gasteiger partial charge in [0.1, 0.15) is 5.82 Å². The lowest BCUT2D eigenvalue weighted by atomic mass is 9.99. The molecule has 2 heterocycles. The molecule has 21 heavy (non-hydrogen) atoms. The first-order valence-electron chi connectivity index (χ1n) is 6.92. The highest BCUT2D eigenvalue weighted by Gasteiger charge is 2.26. The predicted octanol–water partition coefficient (Wildman–Crippen LogP) is 2.11. The third-order valence-electron chi connectivity index (χ3n) is 3.50. The minimum Gasteiger partial charge on any atom is -0.481 e. The fourth-order valence-electron chi connectivity index (χ4n) is 2.52. The lowest BCUT2D eigenvalue weighted by molar-refractivity contribution is -0.139. The molecule has 1 aromatic rings. The average molecular weight is 356 g/mol. The van der Waals surface area contributed by atoms with Gasteiger partial charge in [0.25, 0.3) is 0 Å². The van der Waals surface area contributed by atoms with Gasteiger partial charge in [-0.05, 0) is 47.4 Å². The fourth-order valence-corrected chi connectivity index (χ4v) is 2.75. The number of carbonyl (C=O) groups is 2. The quantitative estimate of drug-likeness (QED) is 0.845. The molecule has 2 rings (SSSR count). The molecule has 2 N–H and O–H groups in total. The van der Waals surface area contributed by atoms with Crippen LogP contribution in [-0.2, 0) is 9.59 Å². The van der Waals surface area contributed by atoms with Crippen LogP contribution >= 0.6 is 15.9 Å². The van der Waals surface area contributed by atoms with E-state index in [1.54, 1.807) is 18.3 Å². The topological polar surface area (TPSA) is 82.5 Å². The molecule has 0 radical (unpaired) electrons. The van der Waals surface area contributed by atoms with E-state index in [4.69, 9.17) is 5.11 Å². The maximum Gasteiger partial charge on any atom is 0.304 e. The third kappa shape index (κ3) is 5.09. The molecule has 114 valence electrons. The van der Waals surface area contributed by atoms with Gasteiger partial charge < -0.3 is 10.4 Å². The van der Waals surface area contributed by atoms with E-state index >= 15 is 0 Å². The zero-order valence-corrected chi connectivity index (χ0v) is 13.2. The van der Waals surface area contributed by atoms with E-state index in [0.29, 0.717) is 5.82 Å². The molecule has 1 aliphatic heterocycles. The summed E-state index contributed by atoms with van der Waals surface area (Å²) in [5.41, 5.74) is 0. The standard InChI is InChI=1S/C14H18BrN3O3/c15-10-4-5-12(16-8-10)17-13(19)9-18-6-2-1-3-11(18)7-14(20)21/h4-5,8,11H,1-3,6-7,9H2,(H,20,21)(H,16,17,19). The largest absolute Gasteiger partial charge is 0.481 e. The molecule has 0 aliphatic carbocycles. The predicted molar refractivity (Wildman–Crippen MR) is 82.0 cm³/mol. The summed E-state index contributed by atoms with van der Waals surface area (Å²) in [6, 6.07) is 3.46. The number of rotatable bonds is 5. The number of hydrogen-bond acceptors (Lipinski definition) is 4. The average Bonchev–Trinajstić information content (AvgIpc) is 2.43. The smallest absolute Gasteiger partial charge is 0.304 e. The van der Waals surface area contributed by atoms with Crippen molar-refractivity contribution in [3.05, 3.63) is 22.8 Å². The Bertz CT molecular complexity index is 507. The zero-order chi connectivity index (χ0) is 15.2. The number of carboxylic acid groups (broad SMARTS) is 1. The summed E-state index contributed by atoms with van der Waals surface area (Å²) in [7, 11) is 0. The molecule has 7 heteroatoms.